The number of nitrogens with two attached hydrogens (primary N) is 1. The van der Waals surface area contributed by atoms with E-state index in [2.05, 4.69) is 21.2 Å². The zero-order valence-corrected chi connectivity index (χ0v) is 9.38. The van der Waals surface area contributed by atoms with Crippen molar-refractivity contribution < 1.29 is 4.79 Å². The highest BCUT2D eigenvalue weighted by atomic mass is 79.9. The fraction of sp³-hybridized carbons (Fsp3) is 0.300. The van der Waals surface area contributed by atoms with Crippen LogP contribution in [0.4, 0.5) is 5.69 Å². The van der Waals surface area contributed by atoms with Crippen molar-refractivity contribution in [1.29, 1.82) is 0 Å². The first kappa shape index (κ1) is 11.2. The number of rotatable bonds is 4. The Kier molecular flexibility index (Phi) is 4.62. The van der Waals surface area contributed by atoms with Crippen molar-refractivity contribution in [2.75, 3.05) is 11.9 Å². The average molecular weight is 257 g/mol. The monoisotopic (exact) mass is 256 g/mol. The third-order valence-corrected chi connectivity index (χ3v) is 2.45. The Morgan fingerprint density at radius 2 is 2.14 bits per heavy atom. The van der Waals surface area contributed by atoms with E-state index in [0.29, 0.717) is 13.0 Å². The van der Waals surface area contributed by atoms with Gasteiger partial charge in [0.25, 0.3) is 0 Å². The molecule has 0 radical (unpaired) electrons. The minimum absolute atomic E-state index is 0.00218. The summed E-state index contributed by atoms with van der Waals surface area (Å²) in [6.45, 7) is 0.545. The molecular formula is C10H13BrN2O. The summed E-state index contributed by atoms with van der Waals surface area (Å²) in [5, 5.41) is 2.80. The van der Waals surface area contributed by atoms with Gasteiger partial charge in [-0.25, -0.2) is 0 Å². The summed E-state index contributed by atoms with van der Waals surface area (Å²) in [7, 11) is 0. The quantitative estimate of drug-likeness (QED) is 0.868. The maximum absolute atomic E-state index is 11.3. The van der Waals surface area contributed by atoms with E-state index in [1.54, 1.807) is 0 Å². The fourth-order valence-corrected chi connectivity index (χ4v) is 1.42. The Morgan fingerprint density at radius 3 is 2.79 bits per heavy atom. The largest absolute Gasteiger partial charge is 0.330 e. The Bertz CT molecular complexity index is 315. The Labute approximate surface area is 91.8 Å². The van der Waals surface area contributed by atoms with E-state index in [-0.39, 0.29) is 5.91 Å². The van der Waals surface area contributed by atoms with Crippen molar-refractivity contribution in [3.05, 3.63) is 28.7 Å². The van der Waals surface area contributed by atoms with Gasteiger partial charge in [0, 0.05) is 10.9 Å². The molecule has 0 aliphatic carbocycles. The van der Waals surface area contributed by atoms with Crippen molar-refractivity contribution in [3.63, 3.8) is 0 Å². The second-order valence-electron chi connectivity index (χ2n) is 2.92. The molecule has 0 saturated heterocycles. The van der Waals surface area contributed by atoms with Crippen LogP contribution >= 0.6 is 15.9 Å². The molecule has 0 heterocycles. The fourth-order valence-electron chi connectivity index (χ4n) is 1.04. The summed E-state index contributed by atoms with van der Waals surface area (Å²) in [6, 6.07) is 7.52. The van der Waals surface area contributed by atoms with Crippen LogP contribution < -0.4 is 11.1 Å². The summed E-state index contributed by atoms with van der Waals surface area (Å²) in [5.74, 6) is 0.00218. The molecule has 0 aliphatic heterocycles. The number of para-hydroxylation sites is 1. The molecule has 14 heavy (non-hydrogen) atoms. The lowest BCUT2D eigenvalue weighted by Gasteiger charge is -2.06. The van der Waals surface area contributed by atoms with Crippen molar-refractivity contribution in [2.24, 2.45) is 5.73 Å². The van der Waals surface area contributed by atoms with Gasteiger partial charge in [-0.2, -0.15) is 0 Å². The summed E-state index contributed by atoms with van der Waals surface area (Å²) < 4.78 is 0.890. The van der Waals surface area contributed by atoms with Crippen LogP contribution in [-0.2, 0) is 4.79 Å². The molecule has 3 N–H and O–H groups in total. The Balaban J connectivity index is 2.52. The lowest BCUT2D eigenvalue weighted by Crippen LogP contribution is -2.13. The highest BCUT2D eigenvalue weighted by Crippen LogP contribution is 2.21. The summed E-state index contributed by atoms with van der Waals surface area (Å²) in [4.78, 5) is 11.3. The molecule has 76 valence electrons. The molecule has 0 saturated carbocycles. The van der Waals surface area contributed by atoms with E-state index in [0.717, 1.165) is 16.6 Å². The van der Waals surface area contributed by atoms with E-state index < -0.39 is 0 Å². The van der Waals surface area contributed by atoms with Gasteiger partial charge in [-0.15, -0.1) is 0 Å². The van der Waals surface area contributed by atoms with Crippen LogP contribution in [0.15, 0.2) is 28.7 Å². The van der Waals surface area contributed by atoms with Gasteiger partial charge in [-0.1, -0.05) is 12.1 Å². The molecule has 0 unspecified atom stereocenters. The van der Waals surface area contributed by atoms with E-state index >= 15 is 0 Å². The van der Waals surface area contributed by atoms with Crippen LogP contribution in [0, 0.1) is 0 Å². The zero-order chi connectivity index (χ0) is 10.4. The molecule has 4 heteroatoms. The van der Waals surface area contributed by atoms with Crippen LogP contribution in [0.5, 0.6) is 0 Å². The third-order valence-electron chi connectivity index (χ3n) is 1.76. The normalized spacial score (nSPS) is 9.86. The highest BCUT2D eigenvalue weighted by Gasteiger charge is 2.03. The molecule has 1 amide bonds. The predicted octanol–water partition coefficient (Wildman–Crippen LogP) is 2.13. The average Bonchev–Trinajstić information content (AvgIpc) is 2.18. The molecule has 0 aliphatic rings. The van der Waals surface area contributed by atoms with Gasteiger partial charge in [-0.3, -0.25) is 4.79 Å². The molecule has 0 aromatic heterocycles. The minimum atomic E-state index is 0.00218. The predicted molar refractivity (Wildman–Crippen MR) is 61.1 cm³/mol. The smallest absolute Gasteiger partial charge is 0.224 e. The lowest BCUT2D eigenvalue weighted by atomic mass is 10.2. The van der Waals surface area contributed by atoms with E-state index in [1.165, 1.54) is 0 Å². The number of amides is 1. The molecule has 1 aromatic carbocycles. The van der Waals surface area contributed by atoms with Gasteiger partial charge in [0.1, 0.15) is 0 Å². The maximum Gasteiger partial charge on any atom is 0.224 e. The first-order chi connectivity index (χ1) is 6.74. The summed E-state index contributed by atoms with van der Waals surface area (Å²) in [5.41, 5.74) is 6.11. The number of halogens is 1. The number of hydrogen-bond acceptors (Lipinski definition) is 2. The first-order valence-electron chi connectivity index (χ1n) is 4.48. The topological polar surface area (TPSA) is 55.1 Å². The van der Waals surface area contributed by atoms with Crippen molar-refractivity contribution >= 4 is 27.5 Å². The second kappa shape index (κ2) is 5.78. The van der Waals surface area contributed by atoms with Crippen LogP contribution in [0.1, 0.15) is 12.8 Å². The van der Waals surface area contributed by atoms with Crippen molar-refractivity contribution in [3.8, 4) is 0 Å². The first-order valence-corrected chi connectivity index (χ1v) is 5.28. The van der Waals surface area contributed by atoms with Crippen LogP contribution in [0.3, 0.4) is 0 Å². The van der Waals surface area contributed by atoms with Gasteiger partial charge >= 0.3 is 0 Å². The van der Waals surface area contributed by atoms with E-state index in [9.17, 15) is 4.79 Å². The molecule has 0 bridgehead atoms. The second-order valence-corrected chi connectivity index (χ2v) is 3.77. The van der Waals surface area contributed by atoms with Crippen LogP contribution in [0.25, 0.3) is 0 Å². The number of anilines is 1. The zero-order valence-electron chi connectivity index (χ0n) is 7.79. The minimum Gasteiger partial charge on any atom is -0.330 e. The number of nitrogens with one attached hydrogen (secondary N) is 1. The molecule has 0 fully saturated rings. The van der Waals surface area contributed by atoms with Crippen molar-refractivity contribution in [1.82, 2.24) is 0 Å². The number of carbonyl (C=O) groups excluding carboxylic acids is 1. The van der Waals surface area contributed by atoms with Gasteiger partial charge in [-0.05, 0) is 41.0 Å². The van der Waals surface area contributed by atoms with Crippen LogP contribution in [-0.4, -0.2) is 12.5 Å². The van der Waals surface area contributed by atoms with Gasteiger partial charge in [0.15, 0.2) is 0 Å². The number of carbonyl (C=O) groups is 1. The third kappa shape index (κ3) is 3.47. The molecule has 3 nitrogen and oxygen atoms in total. The SMILES string of the molecule is NCCCC(=O)Nc1ccccc1Br. The molecule has 1 aromatic rings. The van der Waals surface area contributed by atoms with Gasteiger partial charge in [0.2, 0.25) is 5.91 Å². The number of benzene rings is 1. The van der Waals surface area contributed by atoms with Gasteiger partial charge in [0.05, 0.1) is 5.69 Å². The van der Waals surface area contributed by atoms with Gasteiger partial charge < -0.3 is 11.1 Å². The van der Waals surface area contributed by atoms with E-state index in [1.807, 2.05) is 24.3 Å². The summed E-state index contributed by atoms with van der Waals surface area (Å²) >= 11 is 3.35. The van der Waals surface area contributed by atoms with Crippen LogP contribution in [0.2, 0.25) is 0 Å². The maximum atomic E-state index is 11.3. The molecular weight excluding hydrogens is 244 g/mol. The van der Waals surface area contributed by atoms with Crippen molar-refractivity contribution in [2.45, 2.75) is 12.8 Å². The molecule has 1 rings (SSSR count). The van der Waals surface area contributed by atoms with E-state index in [4.69, 9.17) is 5.73 Å². The standard InChI is InChI=1S/C10H13BrN2O/c11-8-4-1-2-5-9(8)13-10(14)6-3-7-12/h1-2,4-5H,3,6-7,12H2,(H,13,14). The highest BCUT2D eigenvalue weighted by molar-refractivity contribution is 9.10. The summed E-state index contributed by atoms with van der Waals surface area (Å²) in [6.07, 6.45) is 1.19. The Morgan fingerprint density at radius 1 is 1.43 bits per heavy atom. The Hall–Kier alpha value is -0.870. The number of hydrogen-bond donors (Lipinski definition) is 2. The molecule has 0 spiro atoms. The lowest BCUT2D eigenvalue weighted by molar-refractivity contribution is -0.116. The molecule has 0 atom stereocenters.